The van der Waals surface area contributed by atoms with Gasteiger partial charge in [-0.25, -0.2) is 0 Å². The molecule has 3 rings (SSSR count). The van der Waals surface area contributed by atoms with Crippen LogP contribution in [0.15, 0.2) is 24.3 Å². The van der Waals surface area contributed by atoms with Gasteiger partial charge in [0.2, 0.25) is 11.8 Å². The first-order valence-electron chi connectivity index (χ1n) is 8.06. The molecule has 2 fully saturated rings. The SMILES string of the molecule is O=C(O)C1CCN(C(=O)C2CCN(c3ccc(Cl)cc3)C2=O)CC1. The van der Waals surface area contributed by atoms with E-state index in [-0.39, 0.29) is 17.7 Å². The first kappa shape index (κ1) is 16.8. The molecule has 128 valence electrons. The van der Waals surface area contributed by atoms with E-state index in [1.54, 1.807) is 34.1 Å². The third-order valence-electron chi connectivity index (χ3n) is 4.80. The number of carboxylic acids is 1. The second-order valence-corrected chi connectivity index (χ2v) is 6.68. The average Bonchev–Trinajstić information content (AvgIpc) is 2.96. The van der Waals surface area contributed by atoms with Crippen molar-refractivity contribution in [1.29, 1.82) is 0 Å². The molecule has 1 unspecified atom stereocenters. The van der Waals surface area contributed by atoms with Crippen molar-refractivity contribution < 1.29 is 19.5 Å². The molecule has 7 heteroatoms. The van der Waals surface area contributed by atoms with Crippen molar-refractivity contribution in [2.75, 3.05) is 24.5 Å². The number of piperidine rings is 1. The van der Waals surface area contributed by atoms with Gasteiger partial charge in [0.25, 0.3) is 0 Å². The summed E-state index contributed by atoms with van der Waals surface area (Å²) in [5.41, 5.74) is 0.740. The number of likely N-dealkylation sites (tertiary alicyclic amines) is 1. The third-order valence-corrected chi connectivity index (χ3v) is 5.05. The van der Waals surface area contributed by atoms with E-state index in [9.17, 15) is 14.4 Å². The average molecular weight is 351 g/mol. The zero-order chi connectivity index (χ0) is 17.3. The molecule has 6 nitrogen and oxygen atoms in total. The van der Waals surface area contributed by atoms with E-state index in [4.69, 9.17) is 16.7 Å². The Morgan fingerprint density at radius 2 is 1.67 bits per heavy atom. The molecule has 0 bridgehead atoms. The molecule has 1 aromatic rings. The fourth-order valence-corrected chi connectivity index (χ4v) is 3.48. The maximum atomic E-state index is 12.6. The van der Waals surface area contributed by atoms with Crippen molar-refractivity contribution in [3.63, 3.8) is 0 Å². The van der Waals surface area contributed by atoms with Crippen LogP contribution in [0.3, 0.4) is 0 Å². The minimum Gasteiger partial charge on any atom is -0.481 e. The van der Waals surface area contributed by atoms with Crippen LogP contribution in [0.25, 0.3) is 0 Å². The normalized spacial score (nSPS) is 22.0. The van der Waals surface area contributed by atoms with Crippen molar-refractivity contribution in [3.05, 3.63) is 29.3 Å². The van der Waals surface area contributed by atoms with E-state index >= 15 is 0 Å². The Bertz CT molecular complexity index is 653. The first-order valence-corrected chi connectivity index (χ1v) is 8.43. The Balaban J connectivity index is 1.64. The Labute approximate surface area is 145 Å². The standard InChI is InChI=1S/C17H19ClN2O4/c18-12-1-3-13(4-2-12)20-10-7-14(16(20)22)15(21)19-8-5-11(6-9-19)17(23)24/h1-4,11,14H,5-10H2,(H,23,24). The van der Waals surface area contributed by atoms with Crippen LogP contribution >= 0.6 is 11.6 Å². The molecule has 2 aliphatic rings. The number of carbonyl (C=O) groups excluding carboxylic acids is 2. The van der Waals surface area contributed by atoms with E-state index in [0.717, 1.165) is 5.69 Å². The minimum absolute atomic E-state index is 0.180. The number of nitrogens with zero attached hydrogens (tertiary/aromatic N) is 2. The molecule has 1 aromatic carbocycles. The quantitative estimate of drug-likeness (QED) is 0.846. The molecule has 2 saturated heterocycles. The van der Waals surface area contributed by atoms with Gasteiger partial charge in [0.05, 0.1) is 5.92 Å². The maximum absolute atomic E-state index is 12.6. The van der Waals surface area contributed by atoms with Crippen LogP contribution in [0.1, 0.15) is 19.3 Å². The number of aliphatic carboxylic acids is 1. The van der Waals surface area contributed by atoms with Crippen molar-refractivity contribution in [1.82, 2.24) is 4.90 Å². The smallest absolute Gasteiger partial charge is 0.306 e. The summed E-state index contributed by atoms with van der Waals surface area (Å²) >= 11 is 5.86. The number of hydrogen-bond donors (Lipinski definition) is 1. The molecule has 0 aliphatic carbocycles. The topological polar surface area (TPSA) is 77.9 Å². The molecule has 0 spiro atoms. The molecule has 1 N–H and O–H groups in total. The van der Waals surface area contributed by atoms with Crippen LogP contribution in [0.4, 0.5) is 5.69 Å². The Kier molecular flexibility index (Phi) is 4.76. The van der Waals surface area contributed by atoms with Gasteiger partial charge in [-0.2, -0.15) is 0 Å². The number of halogens is 1. The van der Waals surface area contributed by atoms with Gasteiger partial charge in [0, 0.05) is 30.3 Å². The van der Waals surface area contributed by atoms with Crippen molar-refractivity contribution in [3.8, 4) is 0 Å². The highest BCUT2D eigenvalue weighted by Gasteiger charge is 2.40. The number of rotatable bonds is 3. The van der Waals surface area contributed by atoms with Crippen LogP contribution < -0.4 is 4.90 Å². The molecule has 1 atom stereocenters. The second kappa shape index (κ2) is 6.81. The van der Waals surface area contributed by atoms with Crippen molar-refractivity contribution >= 4 is 35.1 Å². The summed E-state index contributed by atoms with van der Waals surface area (Å²) in [6.45, 7) is 1.31. The van der Waals surface area contributed by atoms with Gasteiger partial charge < -0.3 is 14.9 Å². The molecular weight excluding hydrogens is 332 g/mol. The summed E-state index contributed by atoms with van der Waals surface area (Å²) in [6, 6.07) is 6.98. The van der Waals surface area contributed by atoms with Gasteiger partial charge in [0.15, 0.2) is 0 Å². The fourth-order valence-electron chi connectivity index (χ4n) is 3.35. The number of anilines is 1. The van der Waals surface area contributed by atoms with Crippen LogP contribution in [0, 0.1) is 11.8 Å². The van der Waals surface area contributed by atoms with Crippen molar-refractivity contribution in [2.24, 2.45) is 11.8 Å². The van der Waals surface area contributed by atoms with Gasteiger partial charge in [0.1, 0.15) is 5.92 Å². The summed E-state index contributed by atoms with van der Waals surface area (Å²) in [7, 11) is 0. The van der Waals surface area contributed by atoms with Gasteiger partial charge in [-0.05, 0) is 43.5 Å². The molecule has 2 heterocycles. The number of benzene rings is 1. The van der Waals surface area contributed by atoms with E-state index in [0.29, 0.717) is 43.9 Å². The number of carbonyl (C=O) groups is 3. The molecule has 0 aromatic heterocycles. The molecule has 0 saturated carbocycles. The van der Waals surface area contributed by atoms with Gasteiger partial charge >= 0.3 is 5.97 Å². The highest BCUT2D eigenvalue weighted by molar-refractivity contribution is 6.30. The highest BCUT2D eigenvalue weighted by atomic mass is 35.5. The van der Waals surface area contributed by atoms with Gasteiger partial charge in [-0.15, -0.1) is 0 Å². The van der Waals surface area contributed by atoms with Gasteiger partial charge in [-0.1, -0.05) is 11.6 Å². The summed E-state index contributed by atoms with van der Waals surface area (Å²) in [4.78, 5) is 39.5. The first-order chi connectivity index (χ1) is 11.5. The van der Waals surface area contributed by atoms with Gasteiger partial charge in [-0.3, -0.25) is 14.4 Å². The lowest BCUT2D eigenvalue weighted by Gasteiger charge is -2.31. The molecule has 24 heavy (non-hydrogen) atoms. The maximum Gasteiger partial charge on any atom is 0.306 e. The number of amides is 2. The highest BCUT2D eigenvalue weighted by Crippen LogP contribution is 2.29. The van der Waals surface area contributed by atoms with E-state index in [2.05, 4.69) is 0 Å². The zero-order valence-electron chi connectivity index (χ0n) is 13.2. The van der Waals surface area contributed by atoms with E-state index in [1.807, 2.05) is 0 Å². The van der Waals surface area contributed by atoms with Crippen LogP contribution in [-0.4, -0.2) is 47.4 Å². The lowest BCUT2D eigenvalue weighted by molar-refractivity contribution is -0.148. The second-order valence-electron chi connectivity index (χ2n) is 6.25. The fraction of sp³-hybridized carbons (Fsp3) is 0.471. The minimum atomic E-state index is -0.812. The molecular formula is C17H19ClN2O4. The van der Waals surface area contributed by atoms with Crippen LogP contribution in [0.2, 0.25) is 5.02 Å². The van der Waals surface area contributed by atoms with Crippen LogP contribution in [0.5, 0.6) is 0 Å². The Morgan fingerprint density at radius 1 is 1.04 bits per heavy atom. The summed E-state index contributed by atoms with van der Waals surface area (Å²) in [5, 5.41) is 9.62. The largest absolute Gasteiger partial charge is 0.481 e. The summed E-state index contributed by atoms with van der Waals surface area (Å²) < 4.78 is 0. The molecule has 2 amide bonds. The lowest BCUT2D eigenvalue weighted by Crippen LogP contribution is -2.45. The zero-order valence-corrected chi connectivity index (χ0v) is 13.9. The summed E-state index contributed by atoms with van der Waals surface area (Å²) in [5.74, 6) is -2.24. The van der Waals surface area contributed by atoms with E-state index < -0.39 is 11.9 Å². The predicted octanol–water partition coefficient (Wildman–Crippen LogP) is 2.02. The predicted molar refractivity (Wildman–Crippen MR) is 88.9 cm³/mol. The lowest BCUT2D eigenvalue weighted by atomic mass is 9.95. The number of carboxylic acid groups (broad SMARTS) is 1. The summed E-state index contributed by atoms with van der Waals surface area (Å²) in [6.07, 6.45) is 1.38. The van der Waals surface area contributed by atoms with Crippen LogP contribution in [-0.2, 0) is 14.4 Å². The van der Waals surface area contributed by atoms with E-state index in [1.165, 1.54) is 0 Å². The monoisotopic (exact) mass is 350 g/mol. The Hall–Kier alpha value is -2.08. The molecule has 0 radical (unpaired) electrons. The Morgan fingerprint density at radius 3 is 2.25 bits per heavy atom. The third kappa shape index (κ3) is 3.24. The van der Waals surface area contributed by atoms with Crippen molar-refractivity contribution in [2.45, 2.75) is 19.3 Å². The molecule has 2 aliphatic heterocycles. The number of hydrogen-bond acceptors (Lipinski definition) is 3.